The number of rotatable bonds is 7. The summed E-state index contributed by atoms with van der Waals surface area (Å²) in [5.74, 6) is -0.351. The molecule has 0 unspecified atom stereocenters. The van der Waals surface area contributed by atoms with E-state index in [9.17, 15) is 13.6 Å². The fourth-order valence-corrected chi connectivity index (χ4v) is 1.95. The van der Waals surface area contributed by atoms with Crippen molar-refractivity contribution < 1.29 is 18.3 Å². The topological polar surface area (TPSA) is 62.7 Å². The predicted molar refractivity (Wildman–Crippen MR) is 88.4 cm³/mol. The van der Waals surface area contributed by atoms with Crippen LogP contribution in [0.4, 0.5) is 14.5 Å². The quantitative estimate of drug-likeness (QED) is 0.604. The molecule has 0 saturated heterocycles. The molecule has 0 aliphatic rings. The minimum Gasteiger partial charge on any atom is -0.434 e. The molecule has 0 aromatic heterocycles. The minimum absolute atomic E-state index is 0.00501. The Morgan fingerprint density at radius 1 is 1.12 bits per heavy atom. The maximum atomic E-state index is 12.4. The van der Waals surface area contributed by atoms with Gasteiger partial charge in [-0.1, -0.05) is 30.3 Å². The van der Waals surface area contributed by atoms with Crippen LogP contribution in [0.3, 0.4) is 0 Å². The fraction of sp³-hybridized carbons (Fsp3) is 0.176. The van der Waals surface area contributed by atoms with Crippen molar-refractivity contribution in [1.29, 1.82) is 0 Å². The Kier molecular flexibility index (Phi) is 6.24. The molecule has 0 spiro atoms. The normalized spacial score (nSPS) is 11.2. The molecule has 0 aliphatic heterocycles. The monoisotopic (exact) mass is 333 g/mol. The van der Waals surface area contributed by atoms with Crippen molar-refractivity contribution in [2.24, 2.45) is 5.10 Å². The first-order valence-corrected chi connectivity index (χ1v) is 7.22. The number of halogens is 2. The molecule has 0 bridgehead atoms. The second-order valence-electron chi connectivity index (χ2n) is 4.83. The number of ether oxygens (including phenoxy) is 1. The van der Waals surface area contributed by atoms with Gasteiger partial charge in [-0.25, -0.2) is 5.43 Å². The van der Waals surface area contributed by atoms with E-state index in [0.29, 0.717) is 11.3 Å². The molecule has 2 N–H and O–H groups in total. The van der Waals surface area contributed by atoms with Gasteiger partial charge in [0, 0.05) is 11.3 Å². The summed E-state index contributed by atoms with van der Waals surface area (Å²) in [6, 6.07) is 15.5. The number of nitrogens with zero attached hydrogens (tertiary/aromatic N) is 1. The summed E-state index contributed by atoms with van der Waals surface area (Å²) in [4.78, 5) is 11.8. The van der Waals surface area contributed by atoms with Crippen molar-refractivity contribution in [2.45, 2.75) is 13.5 Å². The smallest absolute Gasteiger partial charge is 0.387 e. The van der Waals surface area contributed by atoms with E-state index in [1.54, 1.807) is 25.1 Å². The summed E-state index contributed by atoms with van der Waals surface area (Å²) in [6.45, 7) is -1.29. The predicted octanol–water partition coefficient (Wildman–Crippen LogP) is 3.24. The number of amides is 1. The molecule has 0 fully saturated rings. The number of para-hydroxylation sites is 2. The van der Waals surface area contributed by atoms with Crippen molar-refractivity contribution in [3.05, 3.63) is 60.2 Å². The van der Waals surface area contributed by atoms with Crippen molar-refractivity contribution in [2.75, 3.05) is 11.9 Å². The Morgan fingerprint density at radius 2 is 1.79 bits per heavy atom. The van der Waals surface area contributed by atoms with Crippen LogP contribution in [-0.4, -0.2) is 24.8 Å². The molecule has 2 aromatic rings. The number of carbonyl (C=O) groups excluding carboxylic acids is 1. The van der Waals surface area contributed by atoms with Crippen LogP contribution in [0.5, 0.6) is 5.75 Å². The Hall–Kier alpha value is -2.96. The first-order chi connectivity index (χ1) is 11.6. The van der Waals surface area contributed by atoms with Gasteiger partial charge in [0.15, 0.2) is 0 Å². The molecule has 0 aliphatic carbocycles. The Morgan fingerprint density at radius 3 is 2.50 bits per heavy atom. The first kappa shape index (κ1) is 17.4. The molecule has 126 valence electrons. The van der Waals surface area contributed by atoms with E-state index in [0.717, 1.165) is 5.69 Å². The van der Waals surface area contributed by atoms with E-state index in [2.05, 4.69) is 20.6 Å². The summed E-state index contributed by atoms with van der Waals surface area (Å²) in [6.07, 6.45) is 0. The third-order valence-corrected chi connectivity index (χ3v) is 3.07. The fourth-order valence-electron chi connectivity index (χ4n) is 1.95. The molecule has 0 heterocycles. The molecular weight excluding hydrogens is 316 g/mol. The third kappa shape index (κ3) is 5.35. The van der Waals surface area contributed by atoms with E-state index in [4.69, 9.17) is 0 Å². The van der Waals surface area contributed by atoms with E-state index < -0.39 is 6.61 Å². The number of hydrogen-bond acceptors (Lipinski definition) is 4. The number of anilines is 1. The van der Waals surface area contributed by atoms with Crippen molar-refractivity contribution in [3.8, 4) is 5.75 Å². The Labute approximate surface area is 138 Å². The highest BCUT2D eigenvalue weighted by Crippen LogP contribution is 2.20. The zero-order chi connectivity index (χ0) is 17.4. The second-order valence-corrected chi connectivity index (χ2v) is 4.83. The molecule has 24 heavy (non-hydrogen) atoms. The largest absolute Gasteiger partial charge is 0.434 e. The SMILES string of the molecule is C/C(=N\NC(=O)CNc1ccccc1)c1ccccc1OC(F)F. The zero-order valence-corrected chi connectivity index (χ0v) is 13.0. The van der Waals surface area contributed by atoms with Gasteiger partial charge in [0.25, 0.3) is 5.91 Å². The Balaban J connectivity index is 1.95. The number of hydrazone groups is 1. The van der Waals surface area contributed by atoms with Gasteiger partial charge in [0.1, 0.15) is 5.75 Å². The molecule has 0 saturated carbocycles. The number of alkyl halides is 2. The van der Waals surface area contributed by atoms with Crippen molar-refractivity contribution >= 4 is 17.3 Å². The lowest BCUT2D eigenvalue weighted by Crippen LogP contribution is -2.26. The van der Waals surface area contributed by atoms with E-state index in [-0.39, 0.29) is 18.2 Å². The van der Waals surface area contributed by atoms with Gasteiger partial charge in [-0.05, 0) is 31.2 Å². The maximum Gasteiger partial charge on any atom is 0.387 e. The van der Waals surface area contributed by atoms with Gasteiger partial charge < -0.3 is 10.1 Å². The average Bonchev–Trinajstić information content (AvgIpc) is 2.58. The van der Waals surface area contributed by atoms with Gasteiger partial charge in [-0.3, -0.25) is 4.79 Å². The van der Waals surface area contributed by atoms with Crippen LogP contribution < -0.4 is 15.5 Å². The van der Waals surface area contributed by atoms with Gasteiger partial charge in [-0.2, -0.15) is 13.9 Å². The molecule has 7 heteroatoms. The van der Waals surface area contributed by atoms with Crippen LogP contribution in [0.25, 0.3) is 0 Å². The van der Waals surface area contributed by atoms with Gasteiger partial charge in [0.05, 0.1) is 12.3 Å². The molecule has 5 nitrogen and oxygen atoms in total. The summed E-state index contributed by atoms with van der Waals surface area (Å²) >= 11 is 0. The first-order valence-electron chi connectivity index (χ1n) is 7.22. The second kappa shape index (κ2) is 8.61. The highest BCUT2D eigenvalue weighted by molar-refractivity contribution is 6.01. The average molecular weight is 333 g/mol. The number of nitrogens with one attached hydrogen (secondary N) is 2. The number of carbonyl (C=O) groups is 1. The van der Waals surface area contributed by atoms with Crippen LogP contribution in [0.15, 0.2) is 59.7 Å². The van der Waals surface area contributed by atoms with E-state index in [1.165, 1.54) is 6.07 Å². The van der Waals surface area contributed by atoms with E-state index >= 15 is 0 Å². The van der Waals surface area contributed by atoms with Crippen LogP contribution in [-0.2, 0) is 4.79 Å². The van der Waals surface area contributed by atoms with Crippen LogP contribution in [0.1, 0.15) is 12.5 Å². The Bertz CT molecular complexity index is 706. The molecule has 2 rings (SSSR count). The number of hydrogen-bond donors (Lipinski definition) is 2. The van der Waals surface area contributed by atoms with Crippen LogP contribution >= 0.6 is 0 Å². The standard InChI is InChI=1S/C17H17F2N3O2/c1-12(14-9-5-6-10-15(14)24-17(18)19)21-22-16(23)11-20-13-7-3-2-4-8-13/h2-10,17,20H,11H2,1H3,(H,22,23)/b21-12+. The van der Waals surface area contributed by atoms with Gasteiger partial charge in [-0.15, -0.1) is 0 Å². The molecule has 1 amide bonds. The highest BCUT2D eigenvalue weighted by atomic mass is 19.3. The summed E-state index contributed by atoms with van der Waals surface area (Å²) in [7, 11) is 0. The summed E-state index contributed by atoms with van der Waals surface area (Å²) < 4.78 is 29.2. The summed E-state index contributed by atoms with van der Waals surface area (Å²) in [5, 5.41) is 6.87. The number of benzene rings is 2. The molecular formula is C17H17F2N3O2. The molecule has 0 radical (unpaired) electrons. The van der Waals surface area contributed by atoms with Crippen molar-refractivity contribution in [3.63, 3.8) is 0 Å². The van der Waals surface area contributed by atoms with Crippen LogP contribution in [0, 0.1) is 0 Å². The summed E-state index contributed by atoms with van der Waals surface area (Å²) in [5.41, 5.74) is 3.93. The third-order valence-electron chi connectivity index (χ3n) is 3.07. The lowest BCUT2D eigenvalue weighted by molar-refractivity contribution is -0.119. The van der Waals surface area contributed by atoms with Gasteiger partial charge in [0.2, 0.25) is 0 Å². The van der Waals surface area contributed by atoms with Gasteiger partial charge >= 0.3 is 6.61 Å². The zero-order valence-electron chi connectivity index (χ0n) is 13.0. The maximum absolute atomic E-state index is 12.4. The molecule has 2 aromatic carbocycles. The molecule has 0 atom stereocenters. The minimum atomic E-state index is -2.93. The van der Waals surface area contributed by atoms with E-state index in [1.807, 2.05) is 30.3 Å². The lowest BCUT2D eigenvalue weighted by atomic mass is 10.1. The highest BCUT2D eigenvalue weighted by Gasteiger charge is 2.11. The van der Waals surface area contributed by atoms with Crippen LogP contribution in [0.2, 0.25) is 0 Å². The lowest BCUT2D eigenvalue weighted by Gasteiger charge is -2.10. The van der Waals surface area contributed by atoms with Crippen molar-refractivity contribution in [1.82, 2.24) is 5.43 Å².